The number of aromatic hydroxyl groups is 1. The van der Waals surface area contributed by atoms with Crippen LogP contribution in [0.1, 0.15) is 29.8 Å². The Morgan fingerprint density at radius 1 is 1.37 bits per heavy atom. The molecule has 19 heavy (non-hydrogen) atoms. The molecule has 0 aliphatic heterocycles. The second kappa shape index (κ2) is 6.62. The van der Waals surface area contributed by atoms with Crippen LogP contribution in [-0.2, 0) is 6.54 Å². The van der Waals surface area contributed by atoms with Gasteiger partial charge in [0, 0.05) is 28.0 Å². The van der Waals surface area contributed by atoms with Crippen molar-refractivity contribution < 1.29 is 5.11 Å². The highest BCUT2D eigenvalue weighted by atomic mass is 35.5. The van der Waals surface area contributed by atoms with Gasteiger partial charge in [-0.05, 0) is 30.0 Å². The van der Waals surface area contributed by atoms with Crippen molar-refractivity contribution >= 4 is 34.5 Å². The maximum Gasteiger partial charge on any atom is 0.138 e. The van der Waals surface area contributed by atoms with E-state index in [1.165, 1.54) is 4.88 Å². The van der Waals surface area contributed by atoms with E-state index in [1.54, 1.807) is 23.5 Å². The molecule has 0 fully saturated rings. The number of rotatable bonds is 5. The van der Waals surface area contributed by atoms with Gasteiger partial charge in [0.25, 0.3) is 0 Å². The number of phenols is 1. The van der Waals surface area contributed by atoms with E-state index in [0.717, 1.165) is 6.42 Å². The summed E-state index contributed by atoms with van der Waals surface area (Å²) < 4.78 is 0. The third-order valence-corrected chi connectivity index (χ3v) is 4.43. The van der Waals surface area contributed by atoms with Crippen LogP contribution in [0.5, 0.6) is 5.75 Å². The van der Waals surface area contributed by atoms with Crippen LogP contribution in [0.4, 0.5) is 0 Å². The summed E-state index contributed by atoms with van der Waals surface area (Å²) >= 11 is 13.6. The number of nitrogens with one attached hydrogen (secondary N) is 1. The number of halogens is 2. The van der Waals surface area contributed by atoms with Crippen LogP contribution in [0.15, 0.2) is 29.6 Å². The summed E-state index contributed by atoms with van der Waals surface area (Å²) in [5, 5.41) is 16.2. The van der Waals surface area contributed by atoms with Crippen LogP contribution in [0.25, 0.3) is 0 Å². The SMILES string of the molecule is CCC(NCc1cc(Cl)cc(Cl)c1O)c1cccs1. The first-order valence-corrected chi connectivity index (χ1v) is 7.69. The largest absolute Gasteiger partial charge is 0.506 e. The molecule has 2 nitrogen and oxygen atoms in total. The van der Waals surface area contributed by atoms with Crippen molar-refractivity contribution in [3.05, 3.63) is 50.1 Å². The van der Waals surface area contributed by atoms with Crippen molar-refractivity contribution in [2.45, 2.75) is 25.9 Å². The number of thiophene rings is 1. The van der Waals surface area contributed by atoms with E-state index < -0.39 is 0 Å². The zero-order valence-electron chi connectivity index (χ0n) is 10.5. The van der Waals surface area contributed by atoms with Crippen LogP contribution >= 0.6 is 34.5 Å². The summed E-state index contributed by atoms with van der Waals surface area (Å²) in [6.45, 7) is 2.66. The normalized spacial score (nSPS) is 12.6. The molecule has 1 unspecified atom stereocenters. The number of hydrogen-bond acceptors (Lipinski definition) is 3. The van der Waals surface area contributed by atoms with Crippen LogP contribution in [0.3, 0.4) is 0 Å². The molecule has 0 amide bonds. The molecule has 0 aliphatic carbocycles. The van der Waals surface area contributed by atoms with Gasteiger partial charge in [0.05, 0.1) is 5.02 Å². The van der Waals surface area contributed by atoms with Crippen molar-refractivity contribution in [2.75, 3.05) is 0 Å². The highest BCUT2D eigenvalue weighted by Crippen LogP contribution is 2.31. The molecule has 0 bridgehead atoms. The first-order valence-electron chi connectivity index (χ1n) is 6.05. The smallest absolute Gasteiger partial charge is 0.138 e. The van der Waals surface area contributed by atoms with E-state index in [9.17, 15) is 5.11 Å². The van der Waals surface area contributed by atoms with Gasteiger partial charge in [-0.1, -0.05) is 36.2 Å². The zero-order valence-corrected chi connectivity index (χ0v) is 12.8. The fourth-order valence-corrected chi connectivity index (χ4v) is 3.34. The first kappa shape index (κ1) is 14.7. The molecule has 1 aromatic carbocycles. The minimum absolute atomic E-state index is 0.0969. The molecule has 2 N–H and O–H groups in total. The molecule has 0 saturated heterocycles. The first-order chi connectivity index (χ1) is 9.11. The quantitative estimate of drug-likeness (QED) is 0.813. The van der Waals surface area contributed by atoms with Crippen LogP contribution in [0, 0.1) is 0 Å². The molecule has 0 spiro atoms. The third-order valence-electron chi connectivity index (χ3n) is 2.94. The number of benzene rings is 1. The molecule has 1 heterocycles. The van der Waals surface area contributed by atoms with Gasteiger partial charge in [-0.2, -0.15) is 0 Å². The topological polar surface area (TPSA) is 32.3 Å². The van der Waals surface area contributed by atoms with Crippen molar-refractivity contribution in [1.29, 1.82) is 0 Å². The predicted molar refractivity (Wildman–Crippen MR) is 82.3 cm³/mol. The Bertz CT molecular complexity index is 543. The second-order valence-electron chi connectivity index (χ2n) is 4.25. The van der Waals surface area contributed by atoms with Crippen molar-refractivity contribution in [3.63, 3.8) is 0 Å². The fraction of sp³-hybridized carbons (Fsp3) is 0.286. The van der Waals surface area contributed by atoms with Crippen molar-refractivity contribution in [3.8, 4) is 5.75 Å². The highest BCUT2D eigenvalue weighted by Gasteiger charge is 2.12. The summed E-state index contributed by atoms with van der Waals surface area (Å²) in [4.78, 5) is 1.29. The van der Waals surface area contributed by atoms with E-state index in [1.807, 2.05) is 6.07 Å². The maximum absolute atomic E-state index is 9.91. The lowest BCUT2D eigenvalue weighted by Crippen LogP contribution is -2.19. The summed E-state index contributed by atoms with van der Waals surface area (Å²) in [6.07, 6.45) is 0.982. The van der Waals surface area contributed by atoms with Gasteiger partial charge in [0.1, 0.15) is 5.75 Å². The van der Waals surface area contributed by atoms with Crippen molar-refractivity contribution in [2.24, 2.45) is 0 Å². The average Bonchev–Trinajstić information content (AvgIpc) is 2.89. The maximum atomic E-state index is 9.91. The molecule has 5 heteroatoms. The molecule has 1 atom stereocenters. The fourth-order valence-electron chi connectivity index (χ4n) is 1.92. The minimum Gasteiger partial charge on any atom is -0.506 e. The molecule has 1 aromatic heterocycles. The van der Waals surface area contributed by atoms with Crippen molar-refractivity contribution in [1.82, 2.24) is 5.32 Å². The van der Waals surface area contributed by atoms with Gasteiger partial charge in [-0.3, -0.25) is 0 Å². The molecular formula is C14H15Cl2NOS. The minimum atomic E-state index is 0.0969. The molecule has 0 radical (unpaired) electrons. The van der Waals surface area contributed by atoms with Crippen LogP contribution < -0.4 is 5.32 Å². The summed E-state index contributed by atoms with van der Waals surface area (Å²) in [5.74, 6) is 0.0969. The van der Waals surface area contributed by atoms with E-state index in [-0.39, 0.29) is 16.8 Å². The Balaban J connectivity index is 2.10. The van der Waals surface area contributed by atoms with E-state index in [0.29, 0.717) is 17.1 Å². The molecule has 102 valence electrons. The van der Waals surface area contributed by atoms with Crippen LogP contribution in [-0.4, -0.2) is 5.11 Å². The lowest BCUT2D eigenvalue weighted by Gasteiger charge is -2.16. The summed E-state index contributed by atoms with van der Waals surface area (Å²) in [5.41, 5.74) is 0.715. The second-order valence-corrected chi connectivity index (χ2v) is 6.08. The van der Waals surface area contributed by atoms with E-state index in [2.05, 4.69) is 23.7 Å². The number of phenolic OH excluding ortho intramolecular Hbond substituents is 1. The standard InChI is InChI=1S/C14H15Cl2NOS/c1-2-12(13-4-3-5-19-13)17-8-9-6-10(15)7-11(16)14(9)18/h3-7,12,17-18H,2,8H2,1H3. The van der Waals surface area contributed by atoms with E-state index in [4.69, 9.17) is 23.2 Å². The lowest BCUT2D eigenvalue weighted by atomic mass is 10.1. The molecule has 2 rings (SSSR count). The molecule has 0 saturated carbocycles. The highest BCUT2D eigenvalue weighted by molar-refractivity contribution is 7.10. The predicted octanol–water partition coefficient (Wildman–Crippen LogP) is 5.00. The van der Waals surface area contributed by atoms with Gasteiger partial charge in [-0.25, -0.2) is 0 Å². The average molecular weight is 316 g/mol. The summed E-state index contributed by atoms with van der Waals surface area (Å²) in [7, 11) is 0. The van der Waals surface area contributed by atoms with E-state index >= 15 is 0 Å². The van der Waals surface area contributed by atoms with Gasteiger partial charge >= 0.3 is 0 Å². The van der Waals surface area contributed by atoms with Gasteiger partial charge < -0.3 is 10.4 Å². The Kier molecular flexibility index (Phi) is 5.11. The Morgan fingerprint density at radius 3 is 2.79 bits per heavy atom. The summed E-state index contributed by atoms with van der Waals surface area (Å²) in [6, 6.07) is 7.70. The van der Waals surface area contributed by atoms with Gasteiger partial charge in [0.2, 0.25) is 0 Å². The number of hydrogen-bond donors (Lipinski definition) is 2. The Hall–Kier alpha value is -0.740. The molecule has 2 aromatic rings. The Labute approximate surface area is 127 Å². The van der Waals surface area contributed by atoms with Gasteiger partial charge in [-0.15, -0.1) is 11.3 Å². The van der Waals surface area contributed by atoms with Gasteiger partial charge in [0.15, 0.2) is 0 Å². The monoisotopic (exact) mass is 315 g/mol. The lowest BCUT2D eigenvalue weighted by molar-refractivity contribution is 0.456. The molecular weight excluding hydrogens is 301 g/mol. The van der Waals surface area contributed by atoms with Crippen LogP contribution in [0.2, 0.25) is 10.0 Å². The molecule has 0 aliphatic rings. The third kappa shape index (κ3) is 3.63. The zero-order chi connectivity index (χ0) is 13.8. The Morgan fingerprint density at radius 2 is 2.16 bits per heavy atom.